The molecule has 0 atom stereocenters. The Hall–Kier alpha value is -3.39. The van der Waals surface area contributed by atoms with E-state index in [1.807, 2.05) is 43.3 Å². The summed E-state index contributed by atoms with van der Waals surface area (Å²) < 4.78 is 0. The van der Waals surface area contributed by atoms with Crippen LogP contribution in [-0.2, 0) is 0 Å². The van der Waals surface area contributed by atoms with E-state index in [0.717, 1.165) is 29.4 Å². The van der Waals surface area contributed by atoms with Crippen LogP contribution in [0.15, 0.2) is 60.7 Å². The lowest BCUT2D eigenvalue weighted by atomic mass is 10.2. The fourth-order valence-electron chi connectivity index (χ4n) is 2.63. The van der Waals surface area contributed by atoms with E-state index >= 15 is 0 Å². The molecule has 5 heteroatoms. The standard InChI is InChI=1S/C20H19N5/c1-3-25(18-10-5-4-6-11-18)19-12-15(2)22-20(24-19)23-17-9-7-8-16(13-17)14-21/h4-13H,3H2,1-2H3,(H,22,23,24). The van der Waals surface area contributed by atoms with E-state index < -0.39 is 0 Å². The number of hydrogen-bond acceptors (Lipinski definition) is 5. The van der Waals surface area contributed by atoms with Gasteiger partial charge in [-0.3, -0.25) is 0 Å². The van der Waals surface area contributed by atoms with Crippen molar-refractivity contribution in [1.29, 1.82) is 5.26 Å². The molecule has 1 N–H and O–H groups in total. The molecule has 0 aliphatic rings. The van der Waals surface area contributed by atoms with Gasteiger partial charge in [0.15, 0.2) is 0 Å². The highest BCUT2D eigenvalue weighted by atomic mass is 15.2. The Labute approximate surface area is 147 Å². The molecule has 5 nitrogen and oxygen atoms in total. The molecule has 0 spiro atoms. The zero-order chi connectivity index (χ0) is 17.6. The van der Waals surface area contributed by atoms with Crippen LogP contribution in [0.3, 0.4) is 0 Å². The van der Waals surface area contributed by atoms with Gasteiger partial charge in [-0.2, -0.15) is 10.2 Å². The number of benzene rings is 2. The van der Waals surface area contributed by atoms with Gasteiger partial charge in [-0.15, -0.1) is 0 Å². The number of rotatable bonds is 5. The third-order valence-electron chi connectivity index (χ3n) is 3.75. The molecule has 0 aliphatic heterocycles. The molecule has 3 rings (SSSR count). The molecule has 124 valence electrons. The lowest BCUT2D eigenvalue weighted by Gasteiger charge is -2.23. The summed E-state index contributed by atoms with van der Waals surface area (Å²) in [6, 6.07) is 21.5. The highest BCUT2D eigenvalue weighted by molar-refractivity contribution is 5.63. The summed E-state index contributed by atoms with van der Waals surface area (Å²) in [5.41, 5.74) is 3.34. The van der Waals surface area contributed by atoms with E-state index in [1.54, 1.807) is 12.1 Å². The van der Waals surface area contributed by atoms with Gasteiger partial charge in [0.25, 0.3) is 0 Å². The first-order chi connectivity index (χ1) is 12.2. The first-order valence-corrected chi connectivity index (χ1v) is 8.15. The van der Waals surface area contributed by atoms with Gasteiger partial charge in [-0.25, -0.2) is 4.98 Å². The van der Waals surface area contributed by atoms with E-state index in [9.17, 15) is 0 Å². The molecule has 2 aromatic carbocycles. The molecule has 0 saturated carbocycles. The Kier molecular flexibility index (Phi) is 4.91. The summed E-state index contributed by atoms with van der Waals surface area (Å²) in [6.07, 6.45) is 0. The molecule has 1 aromatic heterocycles. The molecule has 0 aliphatic carbocycles. The van der Waals surface area contributed by atoms with Crippen LogP contribution in [0.25, 0.3) is 0 Å². The third-order valence-corrected chi connectivity index (χ3v) is 3.75. The summed E-state index contributed by atoms with van der Waals surface area (Å²) in [5, 5.41) is 12.2. The van der Waals surface area contributed by atoms with Crippen molar-refractivity contribution in [2.24, 2.45) is 0 Å². The predicted octanol–water partition coefficient (Wildman–Crippen LogP) is 4.56. The van der Waals surface area contributed by atoms with Gasteiger partial charge in [-0.1, -0.05) is 24.3 Å². The van der Waals surface area contributed by atoms with Gasteiger partial charge in [-0.05, 0) is 44.2 Å². The SMILES string of the molecule is CCN(c1ccccc1)c1cc(C)nc(Nc2cccc(C#N)c2)n1. The molecular weight excluding hydrogens is 310 g/mol. The van der Waals surface area contributed by atoms with Crippen LogP contribution in [0.1, 0.15) is 18.2 Å². The van der Waals surface area contributed by atoms with Gasteiger partial charge in [0.1, 0.15) is 5.82 Å². The van der Waals surface area contributed by atoms with E-state index in [-0.39, 0.29) is 0 Å². The van der Waals surface area contributed by atoms with Crippen LogP contribution in [0.2, 0.25) is 0 Å². The van der Waals surface area contributed by atoms with Crippen molar-refractivity contribution in [1.82, 2.24) is 9.97 Å². The molecule has 0 unspecified atom stereocenters. The van der Waals surface area contributed by atoms with Crippen molar-refractivity contribution in [2.75, 3.05) is 16.8 Å². The summed E-state index contributed by atoms with van der Waals surface area (Å²) >= 11 is 0. The fourth-order valence-corrected chi connectivity index (χ4v) is 2.63. The van der Waals surface area contributed by atoms with E-state index in [0.29, 0.717) is 11.5 Å². The molecule has 0 fully saturated rings. The normalized spacial score (nSPS) is 10.1. The van der Waals surface area contributed by atoms with Gasteiger partial charge < -0.3 is 10.2 Å². The van der Waals surface area contributed by atoms with Crippen molar-refractivity contribution >= 4 is 23.1 Å². The highest BCUT2D eigenvalue weighted by Gasteiger charge is 2.11. The number of nitrogens with zero attached hydrogens (tertiary/aromatic N) is 4. The first kappa shape index (κ1) is 16.5. The second kappa shape index (κ2) is 7.45. The Bertz CT molecular complexity index is 899. The lowest BCUT2D eigenvalue weighted by Crippen LogP contribution is -2.18. The first-order valence-electron chi connectivity index (χ1n) is 8.15. The van der Waals surface area contributed by atoms with Crippen molar-refractivity contribution < 1.29 is 0 Å². The van der Waals surface area contributed by atoms with Gasteiger partial charge in [0, 0.05) is 29.7 Å². The Morgan fingerprint density at radius 1 is 1.04 bits per heavy atom. The molecule has 0 amide bonds. The minimum atomic E-state index is 0.513. The zero-order valence-corrected chi connectivity index (χ0v) is 14.3. The van der Waals surface area contributed by atoms with E-state index in [4.69, 9.17) is 5.26 Å². The van der Waals surface area contributed by atoms with Crippen LogP contribution < -0.4 is 10.2 Å². The second-order valence-electron chi connectivity index (χ2n) is 5.59. The topological polar surface area (TPSA) is 64.8 Å². The molecule has 0 radical (unpaired) electrons. The van der Waals surface area contributed by atoms with Crippen LogP contribution >= 0.6 is 0 Å². The molecule has 0 bridgehead atoms. The average Bonchev–Trinajstić information content (AvgIpc) is 2.63. The summed E-state index contributed by atoms with van der Waals surface area (Å²) in [7, 11) is 0. The Morgan fingerprint density at radius 3 is 2.56 bits per heavy atom. The Balaban J connectivity index is 1.93. The number of hydrogen-bond donors (Lipinski definition) is 1. The minimum Gasteiger partial charge on any atom is -0.326 e. The van der Waals surface area contributed by atoms with Gasteiger partial charge in [0.2, 0.25) is 5.95 Å². The summed E-state index contributed by atoms with van der Waals surface area (Å²) in [4.78, 5) is 11.2. The highest BCUT2D eigenvalue weighted by Crippen LogP contribution is 2.25. The second-order valence-corrected chi connectivity index (χ2v) is 5.59. The van der Waals surface area contributed by atoms with Crippen molar-refractivity contribution in [3.63, 3.8) is 0 Å². The molecular formula is C20H19N5. The molecule has 3 aromatic rings. The maximum atomic E-state index is 9.03. The fraction of sp³-hybridized carbons (Fsp3) is 0.150. The predicted molar refractivity (Wildman–Crippen MR) is 100 cm³/mol. The monoisotopic (exact) mass is 329 g/mol. The number of nitriles is 1. The summed E-state index contributed by atoms with van der Waals surface area (Å²) in [6.45, 7) is 4.83. The average molecular weight is 329 g/mol. The summed E-state index contributed by atoms with van der Waals surface area (Å²) in [5.74, 6) is 1.35. The van der Waals surface area contributed by atoms with Crippen molar-refractivity contribution in [2.45, 2.75) is 13.8 Å². The molecule has 0 saturated heterocycles. The van der Waals surface area contributed by atoms with Crippen LogP contribution in [-0.4, -0.2) is 16.5 Å². The van der Waals surface area contributed by atoms with Crippen LogP contribution in [0, 0.1) is 18.3 Å². The molecule has 1 heterocycles. The van der Waals surface area contributed by atoms with Crippen molar-refractivity contribution in [3.8, 4) is 6.07 Å². The number of aromatic nitrogens is 2. The minimum absolute atomic E-state index is 0.513. The Morgan fingerprint density at radius 2 is 1.84 bits per heavy atom. The van der Waals surface area contributed by atoms with E-state index in [2.05, 4.69) is 45.3 Å². The third kappa shape index (κ3) is 3.93. The maximum Gasteiger partial charge on any atom is 0.229 e. The quantitative estimate of drug-likeness (QED) is 0.743. The lowest BCUT2D eigenvalue weighted by molar-refractivity contribution is 0.969. The molecule has 25 heavy (non-hydrogen) atoms. The number of para-hydroxylation sites is 1. The van der Waals surface area contributed by atoms with Gasteiger partial charge >= 0.3 is 0 Å². The zero-order valence-electron chi connectivity index (χ0n) is 14.3. The van der Waals surface area contributed by atoms with Crippen LogP contribution in [0.4, 0.5) is 23.1 Å². The number of nitrogens with one attached hydrogen (secondary N) is 1. The maximum absolute atomic E-state index is 9.03. The van der Waals surface area contributed by atoms with E-state index in [1.165, 1.54) is 0 Å². The van der Waals surface area contributed by atoms with Gasteiger partial charge in [0.05, 0.1) is 11.6 Å². The number of aryl methyl sites for hydroxylation is 1. The van der Waals surface area contributed by atoms with Crippen LogP contribution in [0.5, 0.6) is 0 Å². The largest absolute Gasteiger partial charge is 0.326 e. The smallest absolute Gasteiger partial charge is 0.229 e. The van der Waals surface area contributed by atoms with Crippen molar-refractivity contribution in [3.05, 3.63) is 71.9 Å². The number of anilines is 4.